The lowest BCUT2D eigenvalue weighted by molar-refractivity contribution is 0.0705. The Balaban J connectivity index is 1.58. The fraction of sp³-hybridized carbons (Fsp3) is 0.462. The van der Waals surface area contributed by atoms with Crippen LogP contribution in [0.3, 0.4) is 0 Å². The number of carbonyl (C=O) groups excluding carboxylic acids is 2. The number of nitrogens with zero attached hydrogens (tertiary/aromatic N) is 1. The van der Waals surface area contributed by atoms with E-state index in [9.17, 15) is 9.59 Å². The van der Waals surface area contributed by atoms with E-state index in [-0.39, 0.29) is 23.8 Å². The van der Waals surface area contributed by atoms with E-state index in [1.807, 2.05) is 61.2 Å². The zero-order valence-electron chi connectivity index (χ0n) is 19.3. The molecule has 1 N–H and O–H groups in total. The number of piperidine rings is 1. The molecule has 6 heteroatoms. The molecule has 1 aliphatic rings. The molecular weight excluding hydrogens is 404 g/mol. The second-order valence-electron chi connectivity index (χ2n) is 8.47. The normalized spacial score (nSPS) is 16.1. The lowest BCUT2D eigenvalue weighted by Crippen LogP contribution is -2.39. The molecule has 1 fully saturated rings. The monoisotopic (exact) mass is 438 g/mol. The van der Waals surface area contributed by atoms with Gasteiger partial charge in [-0.05, 0) is 75.1 Å². The Hall–Kier alpha value is -2.86. The SMILES string of the molecule is COc1ccc(C(=O)N2CCCC(c3cccc(C(=O)NCCCOC(C)C)c3)C2)cc1. The highest BCUT2D eigenvalue weighted by molar-refractivity contribution is 5.95. The van der Waals surface area contributed by atoms with Gasteiger partial charge in [0.25, 0.3) is 11.8 Å². The quantitative estimate of drug-likeness (QED) is 0.594. The third-order valence-electron chi connectivity index (χ3n) is 5.72. The average Bonchev–Trinajstić information content (AvgIpc) is 2.83. The summed E-state index contributed by atoms with van der Waals surface area (Å²) < 4.78 is 10.7. The van der Waals surface area contributed by atoms with E-state index < -0.39 is 0 Å². The highest BCUT2D eigenvalue weighted by atomic mass is 16.5. The lowest BCUT2D eigenvalue weighted by atomic mass is 9.89. The van der Waals surface area contributed by atoms with Gasteiger partial charge in [-0.15, -0.1) is 0 Å². The summed E-state index contributed by atoms with van der Waals surface area (Å²) in [4.78, 5) is 27.4. The van der Waals surface area contributed by atoms with Crippen LogP contribution in [0, 0.1) is 0 Å². The van der Waals surface area contributed by atoms with Gasteiger partial charge in [0.15, 0.2) is 0 Å². The molecular formula is C26H34N2O4. The molecule has 0 aromatic heterocycles. The summed E-state index contributed by atoms with van der Waals surface area (Å²) >= 11 is 0. The standard InChI is InChI=1S/C26H34N2O4/c1-19(2)32-16-6-14-27-25(29)22-8-4-7-21(17-22)23-9-5-15-28(18-23)26(30)20-10-12-24(31-3)13-11-20/h4,7-8,10-13,17,19,23H,5-6,9,14-16,18H2,1-3H3,(H,27,29). The van der Waals surface area contributed by atoms with Crippen LogP contribution in [0.15, 0.2) is 48.5 Å². The molecule has 32 heavy (non-hydrogen) atoms. The van der Waals surface area contributed by atoms with Crippen molar-refractivity contribution in [3.63, 3.8) is 0 Å². The summed E-state index contributed by atoms with van der Waals surface area (Å²) in [5, 5.41) is 2.97. The minimum absolute atomic E-state index is 0.0369. The third kappa shape index (κ3) is 6.57. The van der Waals surface area contributed by atoms with E-state index in [0.717, 1.165) is 37.1 Å². The fourth-order valence-electron chi connectivity index (χ4n) is 3.98. The zero-order valence-corrected chi connectivity index (χ0v) is 19.3. The number of carbonyl (C=O) groups is 2. The number of nitrogens with one attached hydrogen (secondary N) is 1. The highest BCUT2D eigenvalue weighted by Gasteiger charge is 2.26. The van der Waals surface area contributed by atoms with Gasteiger partial charge in [0.1, 0.15) is 5.75 Å². The van der Waals surface area contributed by atoms with E-state index in [4.69, 9.17) is 9.47 Å². The summed E-state index contributed by atoms with van der Waals surface area (Å²) in [7, 11) is 1.61. The van der Waals surface area contributed by atoms with Gasteiger partial charge < -0.3 is 19.7 Å². The van der Waals surface area contributed by atoms with Crippen molar-refractivity contribution < 1.29 is 19.1 Å². The number of hydrogen-bond acceptors (Lipinski definition) is 4. The summed E-state index contributed by atoms with van der Waals surface area (Å²) in [6.07, 6.45) is 2.94. The van der Waals surface area contributed by atoms with Crippen LogP contribution in [-0.2, 0) is 4.74 Å². The van der Waals surface area contributed by atoms with Crippen LogP contribution in [0.1, 0.15) is 65.3 Å². The number of rotatable bonds is 9. The van der Waals surface area contributed by atoms with Crippen LogP contribution < -0.4 is 10.1 Å². The van der Waals surface area contributed by atoms with Crippen LogP contribution >= 0.6 is 0 Å². The van der Waals surface area contributed by atoms with Crippen molar-refractivity contribution in [1.29, 1.82) is 0 Å². The molecule has 1 aliphatic heterocycles. The van der Waals surface area contributed by atoms with Gasteiger partial charge >= 0.3 is 0 Å². The van der Waals surface area contributed by atoms with Gasteiger partial charge in [-0.1, -0.05) is 12.1 Å². The maximum atomic E-state index is 13.0. The van der Waals surface area contributed by atoms with Gasteiger partial charge in [0.05, 0.1) is 13.2 Å². The van der Waals surface area contributed by atoms with E-state index in [1.165, 1.54) is 0 Å². The lowest BCUT2D eigenvalue weighted by Gasteiger charge is -2.33. The molecule has 1 atom stereocenters. The van der Waals surface area contributed by atoms with Crippen LogP contribution in [0.25, 0.3) is 0 Å². The van der Waals surface area contributed by atoms with Gasteiger partial charge in [0, 0.05) is 43.3 Å². The first-order valence-corrected chi connectivity index (χ1v) is 11.4. The van der Waals surface area contributed by atoms with E-state index >= 15 is 0 Å². The molecule has 0 aliphatic carbocycles. The van der Waals surface area contributed by atoms with Gasteiger partial charge in [-0.3, -0.25) is 9.59 Å². The molecule has 0 radical (unpaired) electrons. The summed E-state index contributed by atoms with van der Waals surface area (Å²) in [5.74, 6) is 0.923. The first-order chi connectivity index (χ1) is 15.5. The number of hydrogen-bond donors (Lipinski definition) is 1. The topological polar surface area (TPSA) is 67.9 Å². The third-order valence-corrected chi connectivity index (χ3v) is 5.72. The molecule has 1 unspecified atom stereocenters. The second-order valence-corrected chi connectivity index (χ2v) is 8.47. The molecule has 172 valence electrons. The second kappa shape index (κ2) is 11.7. The van der Waals surface area contributed by atoms with Crippen LogP contribution in [0.5, 0.6) is 5.75 Å². The van der Waals surface area contributed by atoms with E-state index in [2.05, 4.69) is 11.4 Å². The first kappa shape index (κ1) is 23.8. The Morgan fingerprint density at radius 1 is 1.12 bits per heavy atom. The number of amides is 2. The maximum absolute atomic E-state index is 13.0. The molecule has 2 aromatic carbocycles. The van der Waals surface area contributed by atoms with Crippen molar-refractivity contribution in [1.82, 2.24) is 10.2 Å². The maximum Gasteiger partial charge on any atom is 0.253 e. The highest BCUT2D eigenvalue weighted by Crippen LogP contribution is 2.28. The van der Waals surface area contributed by atoms with Gasteiger partial charge in [-0.25, -0.2) is 0 Å². The minimum atomic E-state index is -0.0710. The molecule has 2 aromatic rings. The van der Waals surface area contributed by atoms with Crippen molar-refractivity contribution in [2.24, 2.45) is 0 Å². The van der Waals surface area contributed by atoms with Crippen molar-refractivity contribution in [3.05, 3.63) is 65.2 Å². The summed E-state index contributed by atoms with van der Waals surface area (Å²) in [5.41, 5.74) is 2.43. The van der Waals surface area contributed by atoms with Crippen molar-refractivity contribution >= 4 is 11.8 Å². The van der Waals surface area contributed by atoms with E-state index in [0.29, 0.717) is 30.8 Å². The number of methoxy groups -OCH3 is 1. The molecule has 1 heterocycles. The molecule has 2 amide bonds. The predicted molar refractivity (Wildman–Crippen MR) is 125 cm³/mol. The Bertz CT molecular complexity index is 895. The van der Waals surface area contributed by atoms with Crippen LogP contribution in [-0.4, -0.2) is 56.2 Å². The zero-order chi connectivity index (χ0) is 22.9. The molecule has 3 rings (SSSR count). The fourth-order valence-corrected chi connectivity index (χ4v) is 3.98. The molecule has 0 bridgehead atoms. The van der Waals surface area contributed by atoms with E-state index in [1.54, 1.807) is 7.11 Å². The smallest absolute Gasteiger partial charge is 0.253 e. The number of likely N-dealkylation sites (tertiary alicyclic amines) is 1. The molecule has 1 saturated heterocycles. The average molecular weight is 439 g/mol. The Morgan fingerprint density at radius 3 is 2.62 bits per heavy atom. The predicted octanol–water partition coefficient (Wildman–Crippen LogP) is 4.26. The summed E-state index contributed by atoms with van der Waals surface area (Å²) in [6, 6.07) is 15.0. The van der Waals surface area contributed by atoms with Gasteiger partial charge in [-0.2, -0.15) is 0 Å². The van der Waals surface area contributed by atoms with Crippen LogP contribution in [0.4, 0.5) is 0 Å². The molecule has 0 saturated carbocycles. The number of benzene rings is 2. The van der Waals surface area contributed by atoms with Crippen molar-refractivity contribution in [2.45, 2.75) is 45.1 Å². The first-order valence-electron chi connectivity index (χ1n) is 11.4. The summed E-state index contributed by atoms with van der Waals surface area (Å²) in [6.45, 7) is 6.63. The van der Waals surface area contributed by atoms with Crippen LogP contribution in [0.2, 0.25) is 0 Å². The van der Waals surface area contributed by atoms with Crippen molar-refractivity contribution in [3.8, 4) is 5.75 Å². The molecule has 6 nitrogen and oxygen atoms in total. The minimum Gasteiger partial charge on any atom is -0.497 e. The number of ether oxygens (including phenoxy) is 2. The Morgan fingerprint density at radius 2 is 1.91 bits per heavy atom. The largest absolute Gasteiger partial charge is 0.497 e. The molecule has 0 spiro atoms. The van der Waals surface area contributed by atoms with Gasteiger partial charge in [0.2, 0.25) is 0 Å². The Labute approximate surface area is 190 Å². The Kier molecular flexibility index (Phi) is 8.68. The van der Waals surface area contributed by atoms with Crippen molar-refractivity contribution in [2.75, 3.05) is 33.4 Å².